The van der Waals surface area contributed by atoms with Gasteiger partial charge in [0.15, 0.2) is 29.1 Å². The van der Waals surface area contributed by atoms with E-state index in [0.717, 1.165) is 71.7 Å². The first kappa shape index (κ1) is 52.0. The maximum absolute atomic E-state index is 8.93. The van der Waals surface area contributed by atoms with Crippen molar-refractivity contribution in [1.82, 2.24) is 29.9 Å². The zero-order valence-corrected chi connectivity index (χ0v) is 47.0. The van der Waals surface area contributed by atoms with Gasteiger partial charge in [-0.1, -0.05) is 216 Å². The van der Waals surface area contributed by atoms with Crippen molar-refractivity contribution in [2.75, 3.05) is 0 Å². The molecule has 0 saturated carbocycles. The number of furan rings is 2. The molecule has 4 aromatic heterocycles. The molecule has 0 bridgehead atoms. The van der Waals surface area contributed by atoms with Gasteiger partial charge >= 0.3 is 7.69 Å². The summed E-state index contributed by atoms with van der Waals surface area (Å²) in [6.07, 6.45) is 0. The maximum Gasteiger partial charge on any atom is 0.569 e. The van der Waals surface area contributed by atoms with Crippen LogP contribution in [0.5, 0.6) is 5.75 Å². The highest BCUT2D eigenvalue weighted by Gasteiger charge is 2.40. The topological polar surface area (TPSA) is 133 Å². The molecule has 0 unspecified atom stereocenters. The average Bonchev–Trinajstić information content (AvgIpc) is 2.52. The van der Waals surface area contributed by atoms with E-state index in [1.165, 1.54) is 44.5 Å². The normalized spacial score (nSPS) is 13.1. The molecule has 0 fully saturated rings. The summed E-state index contributed by atoms with van der Waals surface area (Å²) in [5, 5.41) is 13.7. The van der Waals surface area contributed by atoms with Crippen molar-refractivity contribution in [2.45, 2.75) is 38.5 Å². The molecule has 0 aliphatic heterocycles. The number of nitrogens with zero attached hydrogens (tertiary/aromatic N) is 6. The third-order valence-corrected chi connectivity index (χ3v) is 16.3. The minimum absolute atomic E-state index is 0.202. The van der Waals surface area contributed by atoms with E-state index in [1.54, 1.807) is 0 Å². The fourth-order valence-electron chi connectivity index (χ4n) is 12.1. The highest BCUT2D eigenvalue weighted by atomic mass is 35.5. The van der Waals surface area contributed by atoms with Crippen LogP contribution in [-0.4, -0.2) is 42.6 Å². The van der Waals surface area contributed by atoms with Crippen LogP contribution in [0.1, 0.15) is 49.9 Å². The average molecular weight is 1110 g/mol. The fraction of sp³-hybridized carbons (Fsp3) is 0.0833. The van der Waals surface area contributed by atoms with Crippen molar-refractivity contribution in [3.8, 4) is 84.9 Å². The molecule has 14 aromatic rings. The van der Waals surface area contributed by atoms with E-state index < -0.39 is 0 Å². The quantitative estimate of drug-likeness (QED) is 0.154. The zero-order chi connectivity index (χ0) is 57.1. The molecular formula is C72H51BClN6O4. The van der Waals surface area contributed by atoms with E-state index >= 15 is 0 Å². The van der Waals surface area contributed by atoms with Crippen molar-refractivity contribution in [1.29, 1.82) is 0 Å². The number of para-hydroxylation sites is 2. The maximum atomic E-state index is 8.93. The van der Waals surface area contributed by atoms with Gasteiger partial charge < -0.3 is 18.5 Å². The first-order valence-corrected chi connectivity index (χ1v) is 28.1. The minimum atomic E-state index is -0.258. The predicted molar refractivity (Wildman–Crippen MR) is 337 cm³/mol. The Hall–Kier alpha value is -10.1. The molecule has 10 nitrogen and oxygen atoms in total. The summed E-state index contributed by atoms with van der Waals surface area (Å²) in [5.41, 5.74) is 17.7. The van der Waals surface area contributed by atoms with Crippen LogP contribution in [-0.2, 0) is 10.8 Å². The lowest BCUT2D eigenvalue weighted by atomic mass is 9.81. The Morgan fingerprint density at radius 1 is 0.369 bits per heavy atom. The zero-order valence-electron chi connectivity index (χ0n) is 46.2. The summed E-state index contributed by atoms with van der Waals surface area (Å²) < 4.78 is 17.9. The van der Waals surface area contributed by atoms with E-state index in [2.05, 4.69) is 109 Å². The highest BCUT2D eigenvalue weighted by molar-refractivity contribution is 6.28. The molecule has 0 atom stereocenters. The fourth-order valence-corrected chi connectivity index (χ4v) is 12.3. The summed E-state index contributed by atoms with van der Waals surface area (Å²) >= 11 is 5.99. The van der Waals surface area contributed by atoms with Gasteiger partial charge in [0, 0.05) is 71.3 Å². The third-order valence-electron chi connectivity index (χ3n) is 16.1. The lowest BCUT2D eigenvalue weighted by Crippen LogP contribution is -2.15. The number of fused-ring (bicyclic) bond motifs is 14. The number of hydrogen-bond acceptors (Lipinski definition) is 10. The van der Waals surface area contributed by atoms with E-state index in [4.69, 9.17) is 45.1 Å². The van der Waals surface area contributed by atoms with Gasteiger partial charge in [0.25, 0.3) is 0 Å². The Morgan fingerprint density at radius 2 is 0.726 bits per heavy atom. The monoisotopic (exact) mass is 1110 g/mol. The minimum Gasteiger partial charge on any atom is -0.537 e. The number of aromatic nitrogens is 6. The molecule has 12 heteroatoms. The highest BCUT2D eigenvalue weighted by Crippen LogP contribution is 2.55. The molecule has 0 saturated heterocycles. The molecule has 1 radical (unpaired) electrons. The lowest BCUT2D eigenvalue weighted by molar-refractivity contribution is 0.453. The van der Waals surface area contributed by atoms with Crippen LogP contribution in [0.4, 0.5) is 0 Å². The van der Waals surface area contributed by atoms with Gasteiger partial charge in [-0.3, -0.25) is 0 Å². The van der Waals surface area contributed by atoms with E-state index in [9.17, 15) is 0 Å². The second-order valence-corrected chi connectivity index (χ2v) is 22.2. The van der Waals surface area contributed by atoms with Crippen molar-refractivity contribution in [3.63, 3.8) is 0 Å². The standard InChI is InChI=1S/C36H25N3O.C21H16BO3.C15H10ClN3/c1-36(2)29-21-24(17-18-25(29)27-19-20-28-26-15-9-10-16-30(26)40-32(28)31(27)36)35-38-33(22-11-5-3-6-12-22)37-34(39-35)23-13-7-4-8-14-23;1-21(2)17-11-12(25-22-23)7-8-13(17)15-9-10-16-14-5-3-4-6-18(14)24-20(16)19(15)21;16-15-18-13(11-7-3-1-4-8-11)17-14(19-15)12-9-5-2-6-10-12/h3-21H,1-2H3;3-11,23H,1-2H3;1-10H. The van der Waals surface area contributed by atoms with Gasteiger partial charge in [0.2, 0.25) is 5.28 Å². The molecule has 2 aliphatic rings. The molecule has 84 heavy (non-hydrogen) atoms. The first-order valence-electron chi connectivity index (χ1n) is 27.7. The Balaban J connectivity index is 0.000000122. The predicted octanol–water partition coefficient (Wildman–Crippen LogP) is 17.7. The Bertz CT molecular complexity index is 4710. The van der Waals surface area contributed by atoms with Gasteiger partial charge in [-0.2, -0.15) is 9.97 Å². The second-order valence-electron chi connectivity index (χ2n) is 21.9. The van der Waals surface area contributed by atoms with Gasteiger partial charge in [-0.05, 0) is 87.4 Å². The van der Waals surface area contributed by atoms with E-state index in [-0.39, 0.29) is 16.1 Å². The Morgan fingerprint density at radius 3 is 1.15 bits per heavy atom. The largest absolute Gasteiger partial charge is 0.569 e. The molecular weight excluding hydrogens is 1060 g/mol. The second kappa shape index (κ2) is 21.0. The molecule has 4 heterocycles. The van der Waals surface area contributed by atoms with Crippen LogP contribution >= 0.6 is 11.6 Å². The van der Waals surface area contributed by atoms with Crippen LogP contribution < -0.4 is 4.65 Å². The van der Waals surface area contributed by atoms with Crippen LogP contribution in [0.2, 0.25) is 5.28 Å². The van der Waals surface area contributed by atoms with Crippen molar-refractivity contribution in [3.05, 3.63) is 258 Å². The van der Waals surface area contributed by atoms with Crippen LogP contribution in [0.15, 0.2) is 239 Å². The van der Waals surface area contributed by atoms with Crippen molar-refractivity contribution >= 4 is 63.2 Å². The van der Waals surface area contributed by atoms with E-state index in [0.29, 0.717) is 42.6 Å². The van der Waals surface area contributed by atoms with Crippen molar-refractivity contribution in [2.24, 2.45) is 0 Å². The SMILES string of the molecule is CC1(C)c2cc(-c3nc(-c4ccccc4)nc(-c4ccccc4)n3)ccc2-c2ccc3c(oc4ccccc43)c21.CC1(C)c2cc(O[B]O)ccc2-c2ccc3c(oc4ccccc43)c21.Clc1nc(-c2ccccc2)nc(-c2ccccc2)n1. The van der Waals surface area contributed by atoms with Gasteiger partial charge in [-0.25, -0.2) is 19.9 Å². The Kier molecular flexibility index (Phi) is 13.0. The molecule has 0 amide bonds. The van der Waals surface area contributed by atoms with Crippen LogP contribution in [0.3, 0.4) is 0 Å². The molecule has 10 aromatic carbocycles. The van der Waals surface area contributed by atoms with Gasteiger partial charge in [-0.15, -0.1) is 0 Å². The van der Waals surface area contributed by atoms with Gasteiger partial charge in [0.1, 0.15) is 28.1 Å². The van der Waals surface area contributed by atoms with E-state index in [1.807, 2.05) is 164 Å². The number of halogens is 1. The summed E-state index contributed by atoms with van der Waals surface area (Å²) in [4.78, 5) is 27.6. The number of benzene rings is 10. The summed E-state index contributed by atoms with van der Waals surface area (Å²) in [7, 11) is 0.717. The summed E-state index contributed by atoms with van der Waals surface area (Å²) in [5.74, 6) is 3.78. The molecule has 403 valence electrons. The number of hydrogen-bond donors (Lipinski definition) is 1. The molecule has 16 rings (SSSR count). The van der Waals surface area contributed by atoms with Crippen LogP contribution in [0.25, 0.3) is 123 Å². The molecule has 1 N–H and O–H groups in total. The summed E-state index contributed by atoms with van der Waals surface area (Å²) in [6.45, 7) is 8.98. The van der Waals surface area contributed by atoms with Crippen molar-refractivity contribution < 1.29 is 18.5 Å². The lowest BCUT2D eigenvalue weighted by Gasteiger charge is -2.22. The Labute approximate surface area is 490 Å². The summed E-state index contributed by atoms with van der Waals surface area (Å²) in [6, 6.07) is 77.4. The molecule has 0 spiro atoms. The van der Waals surface area contributed by atoms with Gasteiger partial charge in [0.05, 0.1) is 0 Å². The first-order chi connectivity index (χ1) is 41.0. The van der Waals surface area contributed by atoms with Crippen LogP contribution in [0, 0.1) is 0 Å². The third kappa shape index (κ3) is 9.15. The number of rotatable bonds is 7. The smallest absolute Gasteiger partial charge is 0.537 e. The molecule has 2 aliphatic carbocycles.